The molecule has 0 aliphatic carbocycles. The van der Waals surface area contributed by atoms with Gasteiger partial charge in [-0.05, 0) is 19.4 Å². The molecule has 2 aromatic heterocycles. The fourth-order valence-corrected chi connectivity index (χ4v) is 1.87. The van der Waals surface area contributed by atoms with Gasteiger partial charge in [0.25, 0.3) is 0 Å². The zero-order valence-electron chi connectivity index (χ0n) is 13.4. The molecule has 5 heteroatoms. The van der Waals surface area contributed by atoms with Crippen LogP contribution in [0.25, 0.3) is 11.5 Å². The largest absolute Gasteiger partial charge is 0.370 e. The van der Waals surface area contributed by atoms with E-state index in [9.17, 15) is 0 Å². The normalized spacial score (nSPS) is 11.5. The van der Waals surface area contributed by atoms with Gasteiger partial charge in [0.05, 0.1) is 5.69 Å². The summed E-state index contributed by atoms with van der Waals surface area (Å²) in [5, 5.41) is 3.34. The summed E-state index contributed by atoms with van der Waals surface area (Å²) in [4.78, 5) is 17.8. The molecule has 0 aliphatic rings. The van der Waals surface area contributed by atoms with Crippen molar-refractivity contribution in [1.82, 2.24) is 19.9 Å². The Bertz CT molecular complexity index is 616. The van der Waals surface area contributed by atoms with Crippen molar-refractivity contribution in [1.29, 1.82) is 0 Å². The second-order valence-corrected chi connectivity index (χ2v) is 6.13. The summed E-state index contributed by atoms with van der Waals surface area (Å²) in [5.41, 5.74) is 1.72. The molecule has 0 bridgehead atoms. The third kappa shape index (κ3) is 3.97. The van der Waals surface area contributed by atoms with Crippen molar-refractivity contribution in [2.75, 3.05) is 11.9 Å². The molecule has 0 radical (unpaired) electrons. The molecule has 0 aromatic carbocycles. The first-order valence-corrected chi connectivity index (χ1v) is 7.33. The van der Waals surface area contributed by atoms with E-state index < -0.39 is 0 Å². The quantitative estimate of drug-likeness (QED) is 0.933. The maximum Gasteiger partial charge on any atom is 0.180 e. The average molecular weight is 285 g/mol. The number of nitrogens with one attached hydrogen (secondary N) is 1. The van der Waals surface area contributed by atoms with E-state index in [4.69, 9.17) is 0 Å². The first-order chi connectivity index (χ1) is 9.90. The number of aryl methyl sites for hydroxylation is 1. The number of hydrogen-bond acceptors (Lipinski definition) is 5. The highest BCUT2D eigenvalue weighted by molar-refractivity contribution is 5.53. The lowest BCUT2D eigenvalue weighted by Gasteiger charge is -2.19. The van der Waals surface area contributed by atoms with E-state index in [0.717, 1.165) is 36.0 Å². The molecule has 0 aliphatic heterocycles. The van der Waals surface area contributed by atoms with Gasteiger partial charge >= 0.3 is 0 Å². The fourth-order valence-electron chi connectivity index (χ4n) is 1.87. The predicted molar refractivity (Wildman–Crippen MR) is 85.3 cm³/mol. The zero-order valence-corrected chi connectivity index (χ0v) is 13.4. The number of hydrogen-bond donors (Lipinski definition) is 1. The third-order valence-corrected chi connectivity index (χ3v) is 3.06. The van der Waals surface area contributed by atoms with Gasteiger partial charge < -0.3 is 5.32 Å². The SMILES string of the molecule is CCCNc1cc(C(C)(C)C)nc(-c2ccnc(C)n2)n1. The van der Waals surface area contributed by atoms with Crippen LogP contribution >= 0.6 is 0 Å². The molecule has 0 saturated carbocycles. The van der Waals surface area contributed by atoms with Crippen LogP contribution in [0.2, 0.25) is 0 Å². The van der Waals surface area contributed by atoms with E-state index in [1.807, 2.05) is 19.1 Å². The third-order valence-electron chi connectivity index (χ3n) is 3.06. The first kappa shape index (κ1) is 15.4. The molecule has 0 fully saturated rings. The van der Waals surface area contributed by atoms with Crippen molar-refractivity contribution in [2.24, 2.45) is 0 Å². The van der Waals surface area contributed by atoms with Crippen molar-refractivity contribution in [2.45, 2.75) is 46.5 Å². The van der Waals surface area contributed by atoms with Crippen LogP contribution in [-0.2, 0) is 5.41 Å². The molecular weight excluding hydrogens is 262 g/mol. The lowest BCUT2D eigenvalue weighted by Crippen LogP contribution is -2.16. The smallest absolute Gasteiger partial charge is 0.180 e. The number of rotatable bonds is 4. The van der Waals surface area contributed by atoms with Gasteiger partial charge in [-0.2, -0.15) is 0 Å². The summed E-state index contributed by atoms with van der Waals surface area (Å²) in [6, 6.07) is 3.87. The molecule has 2 aromatic rings. The Balaban J connectivity index is 2.49. The molecule has 21 heavy (non-hydrogen) atoms. The average Bonchev–Trinajstić information content (AvgIpc) is 2.44. The van der Waals surface area contributed by atoms with Gasteiger partial charge in [-0.1, -0.05) is 27.7 Å². The van der Waals surface area contributed by atoms with Crippen LogP contribution in [0.3, 0.4) is 0 Å². The highest BCUT2D eigenvalue weighted by Gasteiger charge is 2.19. The second kappa shape index (κ2) is 6.16. The summed E-state index contributed by atoms with van der Waals surface area (Å²) in [6.07, 6.45) is 2.79. The Hall–Kier alpha value is -2.04. The van der Waals surface area contributed by atoms with Crippen LogP contribution in [0.1, 0.15) is 45.6 Å². The minimum Gasteiger partial charge on any atom is -0.370 e. The summed E-state index contributed by atoms with van der Waals surface area (Å²) >= 11 is 0. The fraction of sp³-hybridized carbons (Fsp3) is 0.500. The lowest BCUT2D eigenvalue weighted by atomic mass is 9.92. The monoisotopic (exact) mass is 285 g/mol. The molecule has 1 N–H and O–H groups in total. The Kier molecular flexibility index (Phi) is 4.50. The summed E-state index contributed by atoms with van der Waals surface area (Å²) in [5.74, 6) is 2.22. The predicted octanol–water partition coefficient (Wildman–Crippen LogP) is 3.36. The van der Waals surface area contributed by atoms with Gasteiger partial charge in [-0.3, -0.25) is 0 Å². The van der Waals surface area contributed by atoms with Gasteiger partial charge in [-0.25, -0.2) is 19.9 Å². The molecule has 112 valence electrons. The van der Waals surface area contributed by atoms with E-state index in [0.29, 0.717) is 5.82 Å². The van der Waals surface area contributed by atoms with Crippen molar-refractivity contribution >= 4 is 5.82 Å². The van der Waals surface area contributed by atoms with Crippen LogP contribution < -0.4 is 5.32 Å². The molecule has 0 saturated heterocycles. The Morgan fingerprint density at radius 1 is 1.14 bits per heavy atom. The Morgan fingerprint density at radius 2 is 1.90 bits per heavy atom. The van der Waals surface area contributed by atoms with Gasteiger partial charge in [-0.15, -0.1) is 0 Å². The molecule has 2 heterocycles. The van der Waals surface area contributed by atoms with Gasteiger partial charge in [0.1, 0.15) is 17.3 Å². The zero-order chi connectivity index (χ0) is 15.5. The number of aromatic nitrogens is 4. The second-order valence-electron chi connectivity index (χ2n) is 6.13. The van der Waals surface area contributed by atoms with Crippen molar-refractivity contribution in [3.63, 3.8) is 0 Å². The van der Waals surface area contributed by atoms with Crippen LogP contribution in [0.5, 0.6) is 0 Å². The van der Waals surface area contributed by atoms with Crippen LogP contribution in [0.15, 0.2) is 18.3 Å². The Morgan fingerprint density at radius 3 is 2.52 bits per heavy atom. The first-order valence-electron chi connectivity index (χ1n) is 7.33. The molecule has 0 spiro atoms. The van der Waals surface area contributed by atoms with E-state index in [1.165, 1.54) is 0 Å². The Labute approximate surface area is 126 Å². The molecule has 0 amide bonds. The van der Waals surface area contributed by atoms with Gasteiger partial charge in [0.15, 0.2) is 5.82 Å². The summed E-state index contributed by atoms with van der Waals surface area (Å²) in [7, 11) is 0. The molecule has 0 unspecified atom stereocenters. The molecule has 2 rings (SSSR count). The standard InChI is InChI=1S/C16H23N5/c1-6-8-18-14-10-13(16(3,4)5)20-15(21-14)12-7-9-17-11(2)19-12/h7,9-10H,6,8H2,1-5H3,(H,18,20,21). The maximum absolute atomic E-state index is 4.68. The van der Waals surface area contributed by atoms with Gasteiger partial charge in [0.2, 0.25) is 0 Å². The maximum atomic E-state index is 4.68. The van der Waals surface area contributed by atoms with Crippen LogP contribution in [0, 0.1) is 6.92 Å². The number of anilines is 1. The van der Waals surface area contributed by atoms with Crippen molar-refractivity contribution < 1.29 is 0 Å². The summed E-state index contributed by atoms with van der Waals surface area (Å²) in [6.45, 7) is 11.3. The minimum absolute atomic E-state index is 0.0393. The van der Waals surface area contributed by atoms with E-state index in [-0.39, 0.29) is 5.41 Å². The minimum atomic E-state index is -0.0393. The van der Waals surface area contributed by atoms with Crippen LogP contribution in [-0.4, -0.2) is 26.5 Å². The highest BCUT2D eigenvalue weighted by Crippen LogP contribution is 2.25. The van der Waals surface area contributed by atoms with E-state index in [1.54, 1.807) is 6.20 Å². The van der Waals surface area contributed by atoms with E-state index >= 15 is 0 Å². The van der Waals surface area contributed by atoms with Crippen molar-refractivity contribution in [3.8, 4) is 11.5 Å². The molecule has 5 nitrogen and oxygen atoms in total. The highest BCUT2D eigenvalue weighted by atomic mass is 15.0. The van der Waals surface area contributed by atoms with E-state index in [2.05, 4.69) is 52.9 Å². The lowest BCUT2D eigenvalue weighted by molar-refractivity contribution is 0.568. The van der Waals surface area contributed by atoms with Gasteiger partial charge in [0, 0.05) is 24.2 Å². The number of nitrogens with zero attached hydrogens (tertiary/aromatic N) is 4. The van der Waals surface area contributed by atoms with Crippen molar-refractivity contribution in [3.05, 3.63) is 29.8 Å². The molecular formula is C16H23N5. The topological polar surface area (TPSA) is 63.6 Å². The van der Waals surface area contributed by atoms with Crippen LogP contribution in [0.4, 0.5) is 5.82 Å². The molecule has 0 atom stereocenters. The summed E-state index contributed by atoms with van der Waals surface area (Å²) < 4.78 is 0.